The molecule has 1 aromatic heterocycles. The van der Waals surface area contributed by atoms with Gasteiger partial charge in [0.15, 0.2) is 0 Å². The van der Waals surface area contributed by atoms with Gasteiger partial charge in [0.1, 0.15) is 0 Å². The van der Waals surface area contributed by atoms with Gasteiger partial charge in [0, 0.05) is 4.88 Å². The molecule has 1 atom stereocenters. The highest BCUT2D eigenvalue weighted by atomic mass is 79.9. The van der Waals surface area contributed by atoms with Crippen LogP contribution in [-0.4, -0.2) is 0 Å². The minimum absolute atomic E-state index is 0.356. The molecule has 0 aliphatic heterocycles. The maximum absolute atomic E-state index is 3.90. The molecule has 0 radical (unpaired) electrons. The molecule has 0 nitrogen and oxygen atoms in total. The zero-order valence-corrected chi connectivity index (χ0v) is 13.7. The van der Waals surface area contributed by atoms with Crippen molar-refractivity contribution in [2.75, 3.05) is 0 Å². The molecule has 1 unspecified atom stereocenters. The van der Waals surface area contributed by atoms with Gasteiger partial charge >= 0.3 is 0 Å². The summed E-state index contributed by atoms with van der Waals surface area (Å²) in [5, 5.41) is 2.21. The number of rotatable bonds is 3. The van der Waals surface area contributed by atoms with E-state index in [1.165, 1.54) is 41.7 Å². The number of thiophene rings is 1. The Morgan fingerprint density at radius 1 is 1.16 bits per heavy atom. The summed E-state index contributed by atoms with van der Waals surface area (Å²) in [7, 11) is 0. The third-order valence-electron chi connectivity index (χ3n) is 4.06. The van der Waals surface area contributed by atoms with Crippen LogP contribution in [-0.2, 0) is 19.3 Å². The van der Waals surface area contributed by atoms with Crippen LogP contribution in [0.4, 0.5) is 0 Å². The van der Waals surface area contributed by atoms with Gasteiger partial charge in [-0.25, -0.2) is 0 Å². The van der Waals surface area contributed by atoms with Gasteiger partial charge in [0.05, 0.1) is 4.83 Å². The molecule has 0 N–H and O–H groups in total. The van der Waals surface area contributed by atoms with E-state index in [-0.39, 0.29) is 0 Å². The lowest BCUT2D eigenvalue weighted by Gasteiger charge is -2.18. The highest BCUT2D eigenvalue weighted by molar-refractivity contribution is 9.09. The zero-order chi connectivity index (χ0) is 13.2. The van der Waals surface area contributed by atoms with E-state index >= 15 is 0 Å². The molecule has 2 heteroatoms. The van der Waals surface area contributed by atoms with E-state index in [4.69, 9.17) is 0 Å². The highest BCUT2D eigenvalue weighted by Gasteiger charge is 2.17. The van der Waals surface area contributed by atoms with Crippen LogP contribution < -0.4 is 0 Å². The Bertz CT molecular complexity index is 570. The number of hydrogen-bond donors (Lipinski definition) is 0. The van der Waals surface area contributed by atoms with Crippen molar-refractivity contribution in [3.05, 3.63) is 56.8 Å². The van der Waals surface area contributed by atoms with Crippen molar-refractivity contribution in [2.24, 2.45) is 0 Å². The van der Waals surface area contributed by atoms with Gasteiger partial charge in [0.25, 0.3) is 0 Å². The second-order valence-corrected chi connectivity index (χ2v) is 7.12. The average Bonchev–Trinajstić information content (AvgIpc) is 2.94. The number of alkyl halides is 1. The normalized spacial score (nSPS) is 16.1. The Labute approximate surface area is 128 Å². The third kappa shape index (κ3) is 2.66. The molecule has 0 fully saturated rings. The molecule has 1 heterocycles. The molecule has 0 saturated carbocycles. The topological polar surface area (TPSA) is 0 Å². The Balaban J connectivity index is 1.93. The zero-order valence-electron chi connectivity index (χ0n) is 11.3. The number of benzene rings is 1. The first-order valence-corrected chi connectivity index (χ1v) is 8.91. The molecule has 0 spiro atoms. The minimum atomic E-state index is 0.356. The second kappa shape index (κ2) is 5.80. The van der Waals surface area contributed by atoms with E-state index in [9.17, 15) is 0 Å². The van der Waals surface area contributed by atoms with Crippen molar-refractivity contribution in [2.45, 2.75) is 43.9 Å². The van der Waals surface area contributed by atoms with Gasteiger partial charge in [-0.15, -0.1) is 11.3 Å². The van der Waals surface area contributed by atoms with Gasteiger partial charge in [0.2, 0.25) is 0 Å². The van der Waals surface area contributed by atoms with Crippen LogP contribution in [0.2, 0.25) is 0 Å². The Kier molecular flexibility index (Phi) is 4.09. The number of fused-ring (bicyclic) bond motifs is 1. The Hall–Kier alpha value is -0.600. The molecule has 0 amide bonds. The fraction of sp³-hybridized carbons (Fsp3) is 0.412. The van der Waals surface area contributed by atoms with Crippen molar-refractivity contribution >= 4 is 27.3 Å². The molecule has 0 bridgehead atoms. The third-order valence-corrected chi connectivity index (χ3v) is 6.37. The molecular formula is C17H19BrS. The van der Waals surface area contributed by atoms with E-state index in [0.29, 0.717) is 4.83 Å². The fourth-order valence-electron chi connectivity index (χ4n) is 2.92. The summed E-state index contributed by atoms with van der Waals surface area (Å²) in [6.07, 6.45) is 6.35. The number of halogens is 1. The van der Waals surface area contributed by atoms with Gasteiger partial charge in [-0.2, -0.15) is 0 Å². The van der Waals surface area contributed by atoms with Crippen LogP contribution in [0.1, 0.15) is 51.7 Å². The lowest BCUT2D eigenvalue weighted by Crippen LogP contribution is -2.04. The number of hydrogen-bond acceptors (Lipinski definition) is 1. The molecule has 0 saturated heterocycles. The smallest absolute Gasteiger partial charge is 0.0740 e. The molecule has 2 aromatic rings. The van der Waals surface area contributed by atoms with Crippen molar-refractivity contribution in [1.29, 1.82) is 0 Å². The van der Waals surface area contributed by atoms with Gasteiger partial charge in [-0.3, -0.25) is 0 Å². The SMILES string of the molecule is CCc1ccsc1C(Br)c1ccc2c(c1)CCCC2. The van der Waals surface area contributed by atoms with Crippen LogP contribution in [0.15, 0.2) is 29.6 Å². The molecule has 100 valence electrons. The van der Waals surface area contributed by atoms with Crippen molar-refractivity contribution in [3.63, 3.8) is 0 Å². The van der Waals surface area contributed by atoms with E-state index in [2.05, 4.69) is 52.5 Å². The molecule has 1 aromatic carbocycles. The van der Waals surface area contributed by atoms with Gasteiger partial charge < -0.3 is 0 Å². The average molecular weight is 335 g/mol. The Morgan fingerprint density at radius 2 is 1.95 bits per heavy atom. The van der Waals surface area contributed by atoms with E-state index in [1.54, 1.807) is 11.1 Å². The summed E-state index contributed by atoms with van der Waals surface area (Å²) in [5.74, 6) is 0. The molecule has 1 aliphatic rings. The lowest BCUT2D eigenvalue weighted by atomic mass is 9.89. The predicted molar refractivity (Wildman–Crippen MR) is 87.6 cm³/mol. The van der Waals surface area contributed by atoms with E-state index in [1.807, 2.05) is 11.3 Å². The maximum atomic E-state index is 3.90. The van der Waals surface area contributed by atoms with Gasteiger partial charge in [-0.05, 0) is 65.8 Å². The monoisotopic (exact) mass is 334 g/mol. The first-order valence-electron chi connectivity index (χ1n) is 7.11. The second-order valence-electron chi connectivity index (χ2n) is 5.26. The lowest BCUT2D eigenvalue weighted by molar-refractivity contribution is 0.684. The number of aryl methyl sites for hydroxylation is 3. The molecule has 19 heavy (non-hydrogen) atoms. The highest BCUT2D eigenvalue weighted by Crippen LogP contribution is 2.38. The summed E-state index contributed by atoms with van der Waals surface area (Å²) in [6.45, 7) is 2.23. The van der Waals surface area contributed by atoms with E-state index in [0.717, 1.165) is 6.42 Å². The van der Waals surface area contributed by atoms with E-state index < -0.39 is 0 Å². The predicted octanol–water partition coefficient (Wildman–Crippen LogP) is 5.67. The first kappa shape index (κ1) is 13.4. The molecule has 3 rings (SSSR count). The Morgan fingerprint density at radius 3 is 2.74 bits per heavy atom. The van der Waals surface area contributed by atoms with Crippen LogP contribution >= 0.6 is 27.3 Å². The van der Waals surface area contributed by atoms with Crippen LogP contribution in [0.25, 0.3) is 0 Å². The minimum Gasteiger partial charge on any atom is -0.147 e. The summed E-state index contributed by atoms with van der Waals surface area (Å²) in [6, 6.07) is 9.33. The van der Waals surface area contributed by atoms with Crippen molar-refractivity contribution in [3.8, 4) is 0 Å². The largest absolute Gasteiger partial charge is 0.147 e. The van der Waals surface area contributed by atoms with Crippen molar-refractivity contribution < 1.29 is 0 Å². The first-order chi connectivity index (χ1) is 9.29. The quantitative estimate of drug-likeness (QED) is 0.634. The van der Waals surface area contributed by atoms with Crippen LogP contribution in [0.5, 0.6) is 0 Å². The molecular weight excluding hydrogens is 316 g/mol. The summed E-state index contributed by atoms with van der Waals surface area (Å²) in [5.41, 5.74) is 6.03. The fourth-order valence-corrected chi connectivity index (χ4v) is 4.83. The summed E-state index contributed by atoms with van der Waals surface area (Å²) >= 11 is 5.77. The summed E-state index contributed by atoms with van der Waals surface area (Å²) in [4.78, 5) is 1.83. The van der Waals surface area contributed by atoms with Crippen molar-refractivity contribution in [1.82, 2.24) is 0 Å². The maximum Gasteiger partial charge on any atom is 0.0740 e. The molecule has 1 aliphatic carbocycles. The van der Waals surface area contributed by atoms with Gasteiger partial charge in [-0.1, -0.05) is 41.1 Å². The summed E-state index contributed by atoms with van der Waals surface area (Å²) < 4.78 is 0. The van der Waals surface area contributed by atoms with Crippen LogP contribution in [0.3, 0.4) is 0 Å². The van der Waals surface area contributed by atoms with Crippen LogP contribution in [0, 0.1) is 0 Å². The standard InChI is InChI=1S/C17H19BrS/c1-2-12-9-10-19-17(12)16(18)15-8-7-13-5-3-4-6-14(13)11-15/h7-11,16H,2-6H2,1H3.